The predicted octanol–water partition coefficient (Wildman–Crippen LogP) is -8.53. The van der Waals surface area contributed by atoms with Crippen molar-refractivity contribution in [3.8, 4) is 0 Å². The van der Waals surface area contributed by atoms with Crippen molar-refractivity contribution in [2.24, 2.45) is 0 Å². The average molecular weight is 316 g/mol. The van der Waals surface area contributed by atoms with Gasteiger partial charge in [0.1, 0.15) is 0 Å². The van der Waals surface area contributed by atoms with Crippen LogP contribution >= 0.6 is 0 Å². The van der Waals surface area contributed by atoms with Crippen LogP contribution in [0.4, 0.5) is 4.79 Å². The minimum Gasteiger partial charge on any atom is -0.870 e. The maximum Gasteiger partial charge on any atom is 1.00 e. The van der Waals surface area contributed by atoms with E-state index in [-0.39, 0.29) is 64.6 Å². The van der Waals surface area contributed by atoms with Crippen molar-refractivity contribution >= 4 is 24.1 Å². The molecule has 0 aromatic carbocycles. The first-order chi connectivity index (χ1) is 7.51. The number of rotatable bonds is 5. The van der Waals surface area contributed by atoms with E-state index >= 15 is 0 Å². The van der Waals surface area contributed by atoms with E-state index in [0.717, 1.165) is 0 Å². The van der Waals surface area contributed by atoms with Crippen LogP contribution < -0.4 is 64.2 Å². The van der Waals surface area contributed by atoms with E-state index in [2.05, 4.69) is 0 Å². The molecular formula is C7H10Na2O11. The summed E-state index contributed by atoms with van der Waals surface area (Å²) < 4.78 is 0. The average Bonchev–Trinajstić information content (AvgIpc) is 1.98. The summed E-state index contributed by atoms with van der Waals surface area (Å²) in [5, 5.41) is 49.1. The summed E-state index contributed by atoms with van der Waals surface area (Å²) in [5.41, 5.74) is -2.74. The zero-order valence-electron chi connectivity index (χ0n) is 10.6. The van der Waals surface area contributed by atoms with Gasteiger partial charge in [0.25, 0.3) is 0 Å². The molecule has 0 saturated carbocycles. The monoisotopic (exact) mass is 316 g/mol. The molecule has 6 N–H and O–H groups in total. The molecule has 106 valence electrons. The summed E-state index contributed by atoms with van der Waals surface area (Å²) in [6, 6.07) is 0. The van der Waals surface area contributed by atoms with Crippen molar-refractivity contribution in [2.45, 2.75) is 18.4 Å². The summed E-state index contributed by atoms with van der Waals surface area (Å²) in [4.78, 5) is 38.9. The van der Waals surface area contributed by atoms with Crippen molar-refractivity contribution in [3.05, 3.63) is 0 Å². The van der Waals surface area contributed by atoms with Crippen LogP contribution in [0.1, 0.15) is 12.8 Å². The second-order valence-corrected chi connectivity index (χ2v) is 2.74. The fourth-order valence-corrected chi connectivity index (χ4v) is 0.714. The zero-order valence-corrected chi connectivity index (χ0v) is 14.6. The molecule has 0 bridgehead atoms. The molecule has 0 atom stereocenters. The number of hydrogen-bond acceptors (Lipinski definition) is 7. The molecule has 0 rings (SSSR count). The third kappa shape index (κ3) is 19.9. The molecule has 0 aliphatic heterocycles. The van der Waals surface area contributed by atoms with Gasteiger partial charge in [-0.3, -0.25) is 9.59 Å². The number of aliphatic hydroxyl groups is 1. The van der Waals surface area contributed by atoms with Crippen molar-refractivity contribution in [3.63, 3.8) is 0 Å². The fraction of sp³-hybridized carbons (Fsp3) is 0.429. The molecule has 0 aliphatic rings. The summed E-state index contributed by atoms with van der Waals surface area (Å²) >= 11 is 0. The first-order valence-corrected chi connectivity index (χ1v) is 3.80. The maximum absolute atomic E-state index is 10.3. The summed E-state index contributed by atoms with van der Waals surface area (Å²) in [6.07, 6.45) is -4.37. The minimum absolute atomic E-state index is 0. The van der Waals surface area contributed by atoms with Gasteiger partial charge in [-0.25, -0.2) is 4.79 Å². The molecule has 0 fully saturated rings. The Morgan fingerprint density at radius 2 is 1.05 bits per heavy atom. The van der Waals surface area contributed by atoms with Crippen LogP contribution in [0.3, 0.4) is 0 Å². The number of hydrogen-bond donors (Lipinski definition) is 5. The van der Waals surface area contributed by atoms with Crippen LogP contribution in [-0.4, -0.2) is 60.7 Å². The Labute approximate surface area is 156 Å². The van der Waals surface area contributed by atoms with Crippen LogP contribution in [0.5, 0.6) is 0 Å². The van der Waals surface area contributed by atoms with Gasteiger partial charge in [0, 0.05) is 0 Å². The number of carboxylic acids is 3. The standard InChI is InChI=1S/C6H8O7.CH2O3.2Na.H2O/c7-3(8)1-6(13,5(11)12)2-4(9)10;2-1(3)4;;;/h13H,1-2H2,(H,7,8)(H,9,10)(H,11,12);(H2,2,3,4);;;1H2/q;;2*+1;/p-2. The van der Waals surface area contributed by atoms with Crippen LogP contribution in [0, 0.1) is 0 Å². The van der Waals surface area contributed by atoms with Gasteiger partial charge >= 0.3 is 77.0 Å². The Hall–Kier alpha value is -0.400. The van der Waals surface area contributed by atoms with Crippen molar-refractivity contribution < 1.29 is 114 Å². The van der Waals surface area contributed by atoms with E-state index in [1.807, 2.05) is 0 Å². The molecule has 0 unspecified atom stereocenters. The van der Waals surface area contributed by atoms with Crippen molar-refractivity contribution in [1.29, 1.82) is 0 Å². The Bertz CT molecular complexity index is 309. The second-order valence-electron chi connectivity index (χ2n) is 2.74. The first-order valence-electron chi connectivity index (χ1n) is 3.80. The summed E-state index contributed by atoms with van der Waals surface area (Å²) in [6.45, 7) is 0. The van der Waals surface area contributed by atoms with Crippen molar-refractivity contribution in [1.82, 2.24) is 0 Å². The van der Waals surface area contributed by atoms with Gasteiger partial charge in [-0.2, -0.15) is 0 Å². The van der Waals surface area contributed by atoms with Crippen LogP contribution in [0.15, 0.2) is 0 Å². The van der Waals surface area contributed by atoms with Gasteiger partial charge in [0.2, 0.25) is 6.16 Å². The van der Waals surface area contributed by atoms with Crippen LogP contribution in [-0.2, 0) is 14.4 Å². The maximum atomic E-state index is 10.3. The first kappa shape index (κ1) is 31.8. The third-order valence-corrected chi connectivity index (χ3v) is 1.29. The predicted molar refractivity (Wildman–Crippen MR) is 47.1 cm³/mol. The number of carbonyl (C=O) groups is 4. The summed E-state index contributed by atoms with van der Waals surface area (Å²) in [7, 11) is 0. The number of carboxylic acid groups (broad SMARTS) is 5. The molecule has 0 aliphatic carbocycles. The fourth-order valence-electron chi connectivity index (χ4n) is 0.714. The molecule has 0 amide bonds. The Balaban J connectivity index is -0.0000000951. The second kappa shape index (κ2) is 15.0. The van der Waals surface area contributed by atoms with Crippen LogP contribution in [0.25, 0.3) is 0 Å². The Morgan fingerprint density at radius 3 is 1.15 bits per heavy atom. The van der Waals surface area contributed by atoms with E-state index in [1.54, 1.807) is 0 Å². The molecule has 0 radical (unpaired) electrons. The van der Waals surface area contributed by atoms with Gasteiger partial charge in [-0.05, 0) is 0 Å². The van der Waals surface area contributed by atoms with E-state index in [0.29, 0.717) is 0 Å². The van der Waals surface area contributed by atoms with E-state index in [4.69, 9.17) is 35.4 Å². The topological polar surface area (TPSA) is 222 Å². The van der Waals surface area contributed by atoms with Crippen LogP contribution in [0.2, 0.25) is 0 Å². The van der Waals surface area contributed by atoms with E-state index < -0.39 is 42.5 Å². The van der Waals surface area contributed by atoms with Gasteiger partial charge in [-0.1, -0.05) is 0 Å². The van der Waals surface area contributed by atoms with Gasteiger partial charge < -0.3 is 40.9 Å². The van der Waals surface area contributed by atoms with E-state index in [9.17, 15) is 14.4 Å². The normalized spacial score (nSPS) is 8.25. The quantitative estimate of drug-likeness (QED) is 0.299. The summed E-state index contributed by atoms with van der Waals surface area (Å²) in [5.74, 6) is -5.02. The Kier molecular flexibility index (Phi) is 23.9. The SMILES string of the molecule is O=C(O)CC(O)(CC(=O)O)C(=O)O.O=C([O-])O.[Na+].[Na+].[OH-]. The molecule has 0 spiro atoms. The molecule has 0 saturated heterocycles. The molecule has 13 heteroatoms. The van der Waals surface area contributed by atoms with Crippen molar-refractivity contribution in [2.75, 3.05) is 0 Å². The zero-order chi connectivity index (χ0) is 14.2. The molecule has 0 aromatic rings. The molecule has 11 nitrogen and oxygen atoms in total. The Morgan fingerprint density at radius 1 is 0.850 bits per heavy atom. The number of aliphatic carboxylic acids is 3. The van der Waals surface area contributed by atoms with Gasteiger partial charge in [0.05, 0.1) is 12.8 Å². The smallest absolute Gasteiger partial charge is 0.870 e. The molecular weight excluding hydrogens is 306 g/mol. The minimum atomic E-state index is -2.74. The van der Waals surface area contributed by atoms with E-state index in [1.165, 1.54) is 0 Å². The largest absolute Gasteiger partial charge is 1.00 e. The van der Waals surface area contributed by atoms with Gasteiger partial charge in [0.15, 0.2) is 5.60 Å². The molecule has 0 aromatic heterocycles. The third-order valence-electron chi connectivity index (χ3n) is 1.29. The van der Waals surface area contributed by atoms with Gasteiger partial charge in [-0.15, -0.1) is 0 Å². The molecule has 20 heavy (non-hydrogen) atoms. The molecule has 0 heterocycles.